The maximum Gasteiger partial charge on any atom is 0.244 e. The molecule has 2 rings (SSSR count). The molecule has 1 aromatic carbocycles. The van der Waals surface area contributed by atoms with Crippen LogP contribution in [-0.2, 0) is 9.59 Å². The van der Waals surface area contributed by atoms with Crippen LogP contribution in [-0.4, -0.2) is 36.3 Å². The lowest BCUT2D eigenvalue weighted by Gasteiger charge is -2.20. The van der Waals surface area contributed by atoms with Gasteiger partial charge in [-0.15, -0.1) is 0 Å². The minimum atomic E-state index is -0.199. The zero-order valence-corrected chi connectivity index (χ0v) is 14.9. The fourth-order valence-electron chi connectivity index (χ4n) is 2.71. The third-order valence-electron chi connectivity index (χ3n) is 4.22. The molecule has 1 heterocycles. The standard InChI is InChI=1S/C19H25ClN2O2/c1-15-6-7-16(14-17(15)20)8-9-18(23)21-11-10-19(24)22-12-4-2-3-5-13-22/h6-9,14H,2-5,10-13H2,1H3,(H,21,23)/b9-8+. The Morgan fingerprint density at radius 2 is 1.92 bits per heavy atom. The summed E-state index contributed by atoms with van der Waals surface area (Å²) < 4.78 is 0. The molecule has 1 aliphatic heterocycles. The highest BCUT2D eigenvalue weighted by Gasteiger charge is 2.14. The van der Waals surface area contributed by atoms with Gasteiger partial charge in [0.15, 0.2) is 0 Å². The van der Waals surface area contributed by atoms with E-state index in [9.17, 15) is 9.59 Å². The molecular formula is C19H25ClN2O2. The van der Waals surface area contributed by atoms with E-state index in [2.05, 4.69) is 5.32 Å². The van der Waals surface area contributed by atoms with Gasteiger partial charge in [0, 0.05) is 37.2 Å². The van der Waals surface area contributed by atoms with Gasteiger partial charge >= 0.3 is 0 Å². The van der Waals surface area contributed by atoms with Gasteiger partial charge in [-0.2, -0.15) is 0 Å². The highest BCUT2D eigenvalue weighted by molar-refractivity contribution is 6.31. The van der Waals surface area contributed by atoms with Crippen LogP contribution in [0.15, 0.2) is 24.3 Å². The zero-order valence-electron chi connectivity index (χ0n) is 14.2. The van der Waals surface area contributed by atoms with Gasteiger partial charge in [0.1, 0.15) is 0 Å². The van der Waals surface area contributed by atoms with E-state index in [1.54, 1.807) is 6.08 Å². The van der Waals surface area contributed by atoms with Crippen molar-refractivity contribution in [1.29, 1.82) is 0 Å². The van der Waals surface area contributed by atoms with Crippen LogP contribution in [0.3, 0.4) is 0 Å². The van der Waals surface area contributed by atoms with E-state index in [1.807, 2.05) is 30.0 Å². The third kappa shape index (κ3) is 6.00. The lowest BCUT2D eigenvalue weighted by atomic mass is 10.1. The first kappa shape index (κ1) is 18.5. The number of carbonyl (C=O) groups is 2. The minimum absolute atomic E-state index is 0.131. The largest absolute Gasteiger partial charge is 0.352 e. The molecule has 0 atom stereocenters. The molecule has 1 saturated heterocycles. The van der Waals surface area contributed by atoms with Gasteiger partial charge in [0.2, 0.25) is 11.8 Å². The molecule has 0 aromatic heterocycles. The summed E-state index contributed by atoms with van der Waals surface area (Å²) in [6.07, 6.45) is 8.12. The van der Waals surface area contributed by atoms with Gasteiger partial charge in [-0.1, -0.05) is 36.6 Å². The summed E-state index contributed by atoms with van der Waals surface area (Å²) in [6, 6.07) is 5.65. The number of nitrogens with zero attached hydrogens (tertiary/aromatic N) is 1. The highest BCUT2D eigenvalue weighted by Crippen LogP contribution is 2.17. The number of amides is 2. The molecule has 0 spiro atoms. The van der Waals surface area contributed by atoms with Crippen molar-refractivity contribution in [3.8, 4) is 0 Å². The lowest BCUT2D eigenvalue weighted by Crippen LogP contribution is -2.34. The van der Waals surface area contributed by atoms with E-state index < -0.39 is 0 Å². The zero-order chi connectivity index (χ0) is 17.4. The summed E-state index contributed by atoms with van der Waals surface area (Å²) in [5, 5.41) is 3.44. The minimum Gasteiger partial charge on any atom is -0.352 e. The summed E-state index contributed by atoms with van der Waals surface area (Å²) in [4.78, 5) is 25.9. The fraction of sp³-hybridized carbons (Fsp3) is 0.474. The number of nitrogens with one attached hydrogen (secondary N) is 1. The summed E-state index contributed by atoms with van der Waals surface area (Å²) in [5.74, 6) is -0.0677. The Balaban J connectivity index is 1.73. The van der Waals surface area contributed by atoms with Gasteiger partial charge in [0.25, 0.3) is 0 Å². The predicted octanol–water partition coefficient (Wildman–Crippen LogP) is 3.57. The second-order valence-corrected chi connectivity index (χ2v) is 6.59. The van der Waals surface area contributed by atoms with Crippen molar-refractivity contribution in [3.63, 3.8) is 0 Å². The molecule has 24 heavy (non-hydrogen) atoms. The van der Waals surface area contributed by atoms with Crippen molar-refractivity contribution in [2.24, 2.45) is 0 Å². The Morgan fingerprint density at radius 3 is 2.58 bits per heavy atom. The van der Waals surface area contributed by atoms with E-state index in [0.29, 0.717) is 18.0 Å². The topological polar surface area (TPSA) is 49.4 Å². The first-order chi connectivity index (χ1) is 11.6. The summed E-state index contributed by atoms with van der Waals surface area (Å²) in [7, 11) is 0. The lowest BCUT2D eigenvalue weighted by molar-refractivity contribution is -0.131. The average Bonchev–Trinajstić information content (AvgIpc) is 2.85. The number of hydrogen-bond donors (Lipinski definition) is 1. The molecule has 1 aromatic rings. The molecule has 1 aliphatic rings. The van der Waals surface area contributed by atoms with Crippen molar-refractivity contribution in [3.05, 3.63) is 40.4 Å². The normalized spacial score (nSPS) is 15.3. The first-order valence-corrected chi connectivity index (χ1v) is 8.94. The van der Waals surface area contributed by atoms with E-state index in [0.717, 1.165) is 37.1 Å². The van der Waals surface area contributed by atoms with Crippen molar-refractivity contribution < 1.29 is 9.59 Å². The van der Waals surface area contributed by atoms with Gasteiger partial charge in [0.05, 0.1) is 0 Å². The average molecular weight is 349 g/mol. The number of rotatable bonds is 5. The molecule has 2 amide bonds. The number of aryl methyl sites for hydroxylation is 1. The maximum atomic E-state index is 12.1. The van der Waals surface area contributed by atoms with Crippen LogP contribution in [0, 0.1) is 6.92 Å². The maximum absolute atomic E-state index is 12.1. The Bertz CT molecular complexity index is 605. The third-order valence-corrected chi connectivity index (χ3v) is 4.63. The smallest absolute Gasteiger partial charge is 0.244 e. The van der Waals surface area contributed by atoms with Crippen molar-refractivity contribution in [2.45, 2.75) is 39.0 Å². The number of benzene rings is 1. The van der Waals surface area contributed by atoms with Crippen molar-refractivity contribution >= 4 is 29.5 Å². The van der Waals surface area contributed by atoms with Crippen LogP contribution in [0.25, 0.3) is 6.08 Å². The van der Waals surface area contributed by atoms with Gasteiger partial charge in [-0.3, -0.25) is 9.59 Å². The molecule has 130 valence electrons. The fourth-order valence-corrected chi connectivity index (χ4v) is 2.90. The Hall–Kier alpha value is -1.81. The first-order valence-electron chi connectivity index (χ1n) is 8.56. The Kier molecular flexibility index (Phi) is 7.32. The van der Waals surface area contributed by atoms with Gasteiger partial charge < -0.3 is 10.2 Å². The van der Waals surface area contributed by atoms with E-state index in [1.165, 1.54) is 18.9 Å². The number of carbonyl (C=O) groups excluding carboxylic acids is 2. The molecule has 0 radical (unpaired) electrons. The van der Waals surface area contributed by atoms with Crippen LogP contribution >= 0.6 is 11.6 Å². The Labute approximate surface area is 148 Å². The number of halogens is 1. The van der Waals surface area contributed by atoms with Crippen LogP contribution < -0.4 is 5.32 Å². The van der Waals surface area contributed by atoms with E-state index in [-0.39, 0.29) is 11.8 Å². The molecular weight excluding hydrogens is 324 g/mol. The molecule has 0 aliphatic carbocycles. The molecule has 0 bridgehead atoms. The van der Waals surface area contributed by atoms with Crippen LogP contribution in [0.2, 0.25) is 5.02 Å². The quantitative estimate of drug-likeness (QED) is 0.827. The van der Waals surface area contributed by atoms with Crippen LogP contribution in [0.4, 0.5) is 0 Å². The number of hydrogen-bond acceptors (Lipinski definition) is 2. The molecule has 0 unspecified atom stereocenters. The Morgan fingerprint density at radius 1 is 1.21 bits per heavy atom. The van der Waals surface area contributed by atoms with E-state index in [4.69, 9.17) is 11.6 Å². The highest BCUT2D eigenvalue weighted by atomic mass is 35.5. The molecule has 0 saturated carbocycles. The molecule has 1 N–H and O–H groups in total. The van der Waals surface area contributed by atoms with Gasteiger partial charge in [-0.25, -0.2) is 0 Å². The monoisotopic (exact) mass is 348 g/mol. The second kappa shape index (κ2) is 9.48. The second-order valence-electron chi connectivity index (χ2n) is 6.18. The summed E-state index contributed by atoms with van der Waals surface area (Å²) in [5.41, 5.74) is 1.88. The summed E-state index contributed by atoms with van der Waals surface area (Å²) in [6.45, 7) is 4.00. The van der Waals surface area contributed by atoms with Crippen molar-refractivity contribution in [2.75, 3.05) is 19.6 Å². The predicted molar refractivity (Wildman–Crippen MR) is 97.9 cm³/mol. The molecule has 5 heteroatoms. The summed E-state index contributed by atoms with van der Waals surface area (Å²) >= 11 is 6.06. The molecule has 4 nitrogen and oxygen atoms in total. The van der Waals surface area contributed by atoms with E-state index >= 15 is 0 Å². The van der Waals surface area contributed by atoms with Crippen LogP contribution in [0.1, 0.15) is 43.2 Å². The van der Waals surface area contributed by atoms with Crippen molar-refractivity contribution in [1.82, 2.24) is 10.2 Å². The molecule has 1 fully saturated rings. The van der Waals surface area contributed by atoms with Gasteiger partial charge in [-0.05, 0) is 43.0 Å². The SMILES string of the molecule is Cc1ccc(/C=C/C(=O)NCCC(=O)N2CCCCCC2)cc1Cl. The number of likely N-dealkylation sites (tertiary alicyclic amines) is 1. The van der Waals surface area contributed by atoms with Crippen LogP contribution in [0.5, 0.6) is 0 Å².